The van der Waals surface area contributed by atoms with Crippen LogP contribution >= 0.6 is 11.3 Å². The van der Waals surface area contributed by atoms with Crippen LogP contribution < -0.4 is 10.6 Å². The van der Waals surface area contributed by atoms with Crippen molar-refractivity contribution in [3.8, 4) is 0 Å². The predicted molar refractivity (Wildman–Crippen MR) is 96.1 cm³/mol. The summed E-state index contributed by atoms with van der Waals surface area (Å²) in [5.41, 5.74) is 1.55. The minimum Gasteiger partial charge on any atom is -0.462 e. The lowest BCUT2D eigenvalue weighted by molar-refractivity contribution is -0.115. The number of amides is 2. The number of rotatable bonds is 6. The first-order valence-corrected chi connectivity index (χ1v) is 8.62. The molecule has 0 saturated heterocycles. The third-order valence-electron chi connectivity index (χ3n) is 3.23. The number of esters is 1. The quantitative estimate of drug-likeness (QED) is 0.770. The van der Waals surface area contributed by atoms with Crippen molar-refractivity contribution in [3.63, 3.8) is 0 Å². The van der Waals surface area contributed by atoms with Crippen molar-refractivity contribution in [3.05, 3.63) is 40.4 Å². The Morgan fingerprint density at radius 1 is 1.12 bits per heavy atom. The summed E-state index contributed by atoms with van der Waals surface area (Å²) in [4.78, 5) is 39.9. The first-order chi connectivity index (χ1) is 11.9. The van der Waals surface area contributed by atoms with Gasteiger partial charge in [0.05, 0.1) is 12.3 Å². The van der Waals surface area contributed by atoms with Gasteiger partial charge in [-0.1, -0.05) is 18.3 Å². The second-order valence-electron chi connectivity index (χ2n) is 5.09. The Balaban J connectivity index is 2.06. The number of thiazole rings is 1. The third-order valence-corrected chi connectivity index (χ3v) is 4.28. The number of aryl methyl sites for hydroxylation is 1. The lowest BCUT2D eigenvalue weighted by Gasteiger charge is -2.05. The van der Waals surface area contributed by atoms with Gasteiger partial charge in [0.2, 0.25) is 5.91 Å². The zero-order chi connectivity index (χ0) is 18.4. The molecule has 0 aliphatic heterocycles. The summed E-state index contributed by atoms with van der Waals surface area (Å²) in [6.45, 7) is 5.45. The van der Waals surface area contributed by atoms with E-state index in [1.807, 2.05) is 0 Å². The lowest BCUT2D eigenvalue weighted by atomic mass is 10.2. The summed E-state index contributed by atoms with van der Waals surface area (Å²) in [6, 6.07) is 6.51. The Kier molecular flexibility index (Phi) is 6.24. The molecule has 2 amide bonds. The molecule has 2 rings (SSSR count). The summed E-state index contributed by atoms with van der Waals surface area (Å²) in [6.07, 6.45) is 0.383. The van der Waals surface area contributed by atoms with Crippen LogP contribution in [0.1, 0.15) is 46.0 Å². The molecular weight excluding hydrogens is 342 g/mol. The number of nitrogens with zero attached hydrogens (tertiary/aromatic N) is 1. The molecule has 0 atom stereocenters. The maximum Gasteiger partial charge on any atom is 0.350 e. The second-order valence-corrected chi connectivity index (χ2v) is 6.09. The van der Waals surface area contributed by atoms with Crippen molar-refractivity contribution >= 4 is 39.9 Å². The monoisotopic (exact) mass is 361 g/mol. The van der Waals surface area contributed by atoms with E-state index in [-0.39, 0.29) is 18.4 Å². The Bertz CT molecular complexity index is 784. The van der Waals surface area contributed by atoms with Gasteiger partial charge in [-0.2, -0.15) is 0 Å². The molecule has 1 heterocycles. The topological polar surface area (TPSA) is 97.4 Å². The van der Waals surface area contributed by atoms with Crippen molar-refractivity contribution < 1.29 is 19.1 Å². The number of benzene rings is 1. The summed E-state index contributed by atoms with van der Waals surface area (Å²) >= 11 is 1.07. The molecule has 0 spiro atoms. The Hall–Kier alpha value is -2.74. The molecule has 0 saturated carbocycles. The summed E-state index contributed by atoms with van der Waals surface area (Å²) in [5, 5.41) is 5.70. The van der Waals surface area contributed by atoms with E-state index in [1.54, 1.807) is 45.0 Å². The standard InChI is InChI=1S/C17H19N3O4S/c1-4-13(21)19-12-8-6-11(7-9-12)15(22)20-17-18-10(3)14(25-17)16(23)24-5-2/h6-9H,4-5H2,1-3H3,(H,19,21)(H,18,20,22). The maximum absolute atomic E-state index is 12.3. The minimum absolute atomic E-state index is 0.0954. The van der Waals surface area contributed by atoms with Crippen LogP contribution in [-0.2, 0) is 9.53 Å². The molecule has 0 unspecified atom stereocenters. The van der Waals surface area contributed by atoms with E-state index in [9.17, 15) is 14.4 Å². The number of ether oxygens (including phenoxy) is 1. The molecule has 8 heteroatoms. The first kappa shape index (κ1) is 18.6. The number of carbonyl (C=O) groups excluding carboxylic acids is 3. The fraction of sp³-hybridized carbons (Fsp3) is 0.294. The smallest absolute Gasteiger partial charge is 0.350 e. The molecule has 2 N–H and O–H groups in total. The van der Waals surface area contributed by atoms with Crippen molar-refractivity contribution in [2.45, 2.75) is 27.2 Å². The van der Waals surface area contributed by atoms with Crippen LogP contribution in [0.2, 0.25) is 0 Å². The van der Waals surface area contributed by atoms with Gasteiger partial charge in [0.15, 0.2) is 5.13 Å². The minimum atomic E-state index is -0.450. The summed E-state index contributed by atoms with van der Waals surface area (Å²) in [5.74, 6) is -0.895. The zero-order valence-electron chi connectivity index (χ0n) is 14.2. The fourth-order valence-electron chi connectivity index (χ4n) is 1.96. The van der Waals surface area contributed by atoms with Gasteiger partial charge in [-0.3, -0.25) is 14.9 Å². The molecule has 0 aliphatic carbocycles. The Morgan fingerprint density at radius 3 is 2.40 bits per heavy atom. The Labute approximate surface area is 149 Å². The van der Waals surface area contributed by atoms with Crippen molar-refractivity contribution in [2.75, 3.05) is 17.2 Å². The van der Waals surface area contributed by atoms with E-state index >= 15 is 0 Å². The molecule has 2 aromatic rings. The lowest BCUT2D eigenvalue weighted by Crippen LogP contribution is -2.12. The highest BCUT2D eigenvalue weighted by molar-refractivity contribution is 7.17. The van der Waals surface area contributed by atoms with Gasteiger partial charge in [0.25, 0.3) is 5.91 Å². The van der Waals surface area contributed by atoms with Gasteiger partial charge >= 0.3 is 5.97 Å². The predicted octanol–water partition coefficient (Wildman–Crippen LogP) is 3.23. The van der Waals surface area contributed by atoms with Crippen molar-refractivity contribution in [2.24, 2.45) is 0 Å². The number of nitrogens with one attached hydrogen (secondary N) is 2. The van der Waals surface area contributed by atoms with Crippen molar-refractivity contribution in [1.82, 2.24) is 4.98 Å². The zero-order valence-corrected chi connectivity index (χ0v) is 15.0. The highest BCUT2D eigenvalue weighted by atomic mass is 32.1. The number of carbonyl (C=O) groups is 3. The molecule has 0 radical (unpaired) electrons. The molecule has 1 aromatic carbocycles. The van der Waals surface area contributed by atoms with Crippen LogP contribution in [0.25, 0.3) is 0 Å². The molecule has 132 valence electrons. The average Bonchev–Trinajstić information content (AvgIpc) is 2.96. The normalized spacial score (nSPS) is 10.2. The van der Waals surface area contributed by atoms with E-state index in [2.05, 4.69) is 15.6 Å². The van der Waals surface area contributed by atoms with Gasteiger partial charge in [0.1, 0.15) is 4.88 Å². The van der Waals surface area contributed by atoms with Gasteiger partial charge in [-0.05, 0) is 38.1 Å². The Morgan fingerprint density at radius 2 is 1.80 bits per heavy atom. The molecule has 25 heavy (non-hydrogen) atoms. The number of anilines is 2. The van der Waals surface area contributed by atoms with Crippen LogP contribution in [0.5, 0.6) is 0 Å². The first-order valence-electron chi connectivity index (χ1n) is 7.80. The van der Waals surface area contributed by atoms with Crippen LogP contribution in [0, 0.1) is 6.92 Å². The summed E-state index contributed by atoms with van der Waals surface area (Å²) in [7, 11) is 0. The van der Waals surface area contributed by atoms with E-state index < -0.39 is 5.97 Å². The fourth-order valence-corrected chi connectivity index (χ4v) is 2.81. The molecule has 7 nitrogen and oxygen atoms in total. The molecule has 1 aromatic heterocycles. The molecule has 0 bridgehead atoms. The number of hydrogen-bond donors (Lipinski definition) is 2. The van der Waals surface area contributed by atoms with Crippen molar-refractivity contribution in [1.29, 1.82) is 0 Å². The number of aromatic nitrogens is 1. The van der Waals surface area contributed by atoms with Crippen LogP contribution in [0.15, 0.2) is 24.3 Å². The highest BCUT2D eigenvalue weighted by Gasteiger charge is 2.18. The highest BCUT2D eigenvalue weighted by Crippen LogP contribution is 2.24. The van der Waals surface area contributed by atoms with E-state index in [1.165, 1.54) is 0 Å². The van der Waals surface area contributed by atoms with Gasteiger partial charge in [-0.25, -0.2) is 9.78 Å². The largest absolute Gasteiger partial charge is 0.462 e. The SMILES string of the molecule is CCOC(=O)c1sc(NC(=O)c2ccc(NC(=O)CC)cc2)nc1C. The van der Waals surface area contributed by atoms with E-state index in [0.29, 0.717) is 33.4 Å². The van der Waals surface area contributed by atoms with Crippen LogP contribution in [0.4, 0.5) is 10.8 Å². The van der Waals surface area contributed by atoms with E-state index in [4.69, 9.17) is 4.74 Å². The van der Waals surface area contributed by atoms with Crippen LogP contribution in [0.3, 0.4) is 0 Å². The van der Waals surface area contributed by atoms with Gasteiger partial charge in [-0.15, -0.1) is 0 Å². The van der Waals surface area contributed by atoms with Gasteiger partial charge in [0, 0.05) is 17.7 Å². The third kappa shape index (κ3) is 4.87. The average molecular weight is 361 g/mol. The van der Waals surface area contributed by atoms with Crippen LogP contribution in [-0.4, -0.2) is 29.4 Å². The van der Waals surface area contributed by atoms with E-state index in [0.717, 1.165) is 11.3 Å². The van der Waals surface area contributed by atoms with Gasteiger partial charge < -0.3 is 10.1 Å². The molecule has 0 fully saturated rings. The second kappa shape index (κ2) is 8.39. The number of hydrogen-bond acceptors (Lipinski definition) is 6. The maximum atomic E-state index is 12.3. The molecular formula is C17H19N3O4S. The summed E-state index contributed by atoms with van der Waals surface area (Å²) < 4.78 is 4.95. The molecule has 0 aliphatic rings.